The highest BCUT2D eigenvalue weighted by atomic mass is 32.1. The summed E-state index contributed by atoms with van der Waals surface area (Å²) in [6.07, 6.45) is 2.67. The monoisotopic (exact) mass is 399 g/mol. The molecule has 0 bridgehead atoms. The van der Waals surface area contributed by atoms with Crippen LogP contribution in [0.4, 0.5) is 5.13 Å². The van der Waals surface area contributed by atoms with Gasteiger partial charge in [0.15, 0.2) is 10.8 Å². The van der Waals surface area contributed by atoms with E-state index in [0.717, 1.165) is 54.6 Å². The van der Waals surface area contributed by atoms with E-state index in [4.69, 9.17) is 9.72 Å². The van der Waals surface area contributed by atoms with Crippen LogP contribution in [0.5, 0.6) is 0 Å². The summed E-state index contributed by atoms with van der Waals surface area (Å²) in [6, 6.07) is 7.94. The third kappa shape index (κ3) is 4.24. The average molecular weight is 400 g/mol. The number of hydrogen-bond donors (Lipinski definition) is 0. The van der Waals surface area contributed by atoms with Gasteiger partial charge in [0.05, 0.1) is 23.4 Å². The minimum atomic E-state index is -0.0987. The molecule has 1 saturated heterocycles. The van der Waals surface area contributed by atoms with Gasteiger partial charge in [-0.2, -0.15) is 5.10 Å². The molecule has 1 aromatic carbocycles. The lowest BCUT2D eigenvalue weighted by Crippen LogP contribution is -2.39. The lowest BCUT2D eigenvalue weighted by Gasteiger charge is -2.27. The molecule has 8 heteroatoms. The van der Waals surface area contributed by atoms with E-state index < -0.39 is 0 Å². The maximum atomic E-state index is 13.2. The topological polar surface area (TPSA) is 63.5 Å². The van der Waals surface area contributed by atoms with Crippen molar-refractivity contribution >= 4 is 32.6 Å². The fourth-order valence-corrected chi connectivity index (χ4v) is 4.45. The Morgan fingerprint density at radius 1 is 1.29 bits per heavy atom. The van der Waals surface area contributed by atoms with E-state index in [9.17, 15) is 4.79 Å². The molecular formula is C20H25N5O2S. The Balaban J connectivity index is 1.55. The number of ether oxygens (including phenoxy) is 1. The Hall–Kier alpha value is -2.29. The molecule has 2 aromatic heterocycles. The van der Waals surface area contributed by atoms with Crippen LogP contribution in [-0.2, 0) is 11.8 Å². The molecule has 0 radical (unpaired) electrons. The van der Waals surface area contributed by atoms with Crippen LogP contribution in [0.25, 0.3) is 10.2 Å². The number of carbonyl (C=O) groups is 1. The van der Waals surface area contributed by atoms with E-state index in [2.05, 4.69) is 29.1 Å². The predicted octanol–water partition coefficient (Wildman–Crippen LogP) is 2.71. The third-order valence-electron chi connectivity index (χ3n) is 4.90. The highest BCUT2D eigenvalue weighted by molar-refractivity contribution is 7.22. The zero-order chi connectivity index (χ0) is 19.5. The summed E-state index contributed by atoms with van der Waals surface area (Å²) in [4.78, 5) is 22.1. The van der Waals surface area contributed by atoms with Crippen molar-refractivity contribution < 1.29 is 9.53 Å². The van der Waals surface area contributed by atoms with E-state index in [1.165, 1.54) is 5.56 Å². The van der Waals surface area contributed by atoms with Gasteiger partial charge in [0.25, 0.3) is 5.91 Å². The van der Waals surface area contributed by atoms with E-state index in [1.807, 2.05) is 13.1 Å². The van der Waals surface area contributed by atoms with Crippen molar-refractivity contribution in [1.29, 1.82) is 0 Å². The Kier molecular flexibility index (Phi) is 5.70. The van der Waals surface area contributed by atoms with Gasteiger partial charge in [0.2, 0.25) is 0 Å². The van der Waals surface area contributed by atoms with Gasteiger partial charge >= 0.3 is 0 Å². The first-order chi connectivity index (χ1) is 13.6. The number of morpholine rings is 1. The number of thiazole rings is 1. The third-order valence-corrected chi connectivity index (χ3v) is 5.94. The fourth-order valence-electron chi connectivity index (χ4n) is 3.36. The van der Waals surface area contributed by atoms with Crippen molar-refractivity contribution in [3.05, 3.63) is 41.7 Å². The van der Waals surface area contributed by atoms with Crippen molar-refractivity contribution in [2.75, 3.05) is 44.3 Å². The zero-order valence-corrected chi connectivity index (χ0v) is 17.1. The van der Waals surface area contributed by atoms with Gasteiger partial charge in [-0.15, -0.1) is 0 Å². The Morgan fingerprint density at radius 2 is 2.11 bits per heavy atom. The molecule has 0 saturated carbocycles. The molecule has 0 atom stereocenters. The summed E-state index contributed by atoms with van der Waals surface area (Å²) >= 11 is 1.56. The maximum absolute atomic E-state index is 13.2. The summed E-state index contributed by atoms with van der Waals surface area (Å²) in [7, 11) is 1.82. The lowest BCUT2D eigenvalue weighted by atomic mass is 10.2. The van der Waals surface area contributed by atoms with E-state index in [-0.39, 0.29) is 5.91 Å². The molecule has 3 heterocycles. The Morgan fingerprint density at radius 3 is 2.86 bits per heavy atom. The maximum Gasteiger partial charge on any atom is 0.280 e. The first-order valence-corrected chi connectivity index (χ1v) is 10.4. The molecule has 1 aliphatic heterocycles. The first-order valence-electron chi connectivity index (χ1n) is 9.59. The number of rotatable bonds is 6. The quantitative estimate of drug-likeness (QED) is 0.638. The molecule has 7 nitrogen and oxygen atoms in total. The van der Waals surface area contributed by atoms with Gasteiger partial charge in [-0.25, -0.2) is 4.98 Å². The number of nitrogens with zero attached hydrogens (tertiary/aromatic N) is 5. The number of amides is 1. The molecule has 0 unspecified atom stereocenters. The Bertz CT molecular complexity index is 961. The number of anilines is 1. The molecule has 1 fully saturated rings. The van der Waals surface area contributed by atoms with Crippen LogP contribution in [0.2, 0.25) is 0 Å². The van der Waals surface area contributed by atoms with Gasteiger partial charge in [0.1, 0.15) is 0 Å². The second kappa shape index (κ2) is 8.38. The molecule has 1 aliphatic rings. The second-order valence-electron chi connectivity index (χ2n) is 7.11. The van der Waals surface area contributed by atoms with Crippen molar-refractivity contribution in [2.45, 2.75) is 13.3 Å². The SMILES string of the molecule is Cc1ccc2nc(N(CCCN3CCOCC3)C(=O)c3ccn(C)n3)sc2c1. The van der Waals surface area contributed by atoms with Crippen molar-refractivity contribution in [1.82, 2.24) is 19.7 Å². The average Bonchev–Trinajstić information content (AvgIpc) is 3.31. The van der Waals surface area contributed by atoms with Crippen LogP contribution in [-0.4, -0.2) is 65.0 Å². The molecule has 1 amide bonds. The van der Waals surface area contributed by atoms with Crippen molar-refractivity contribution in [3.8, 4) is 0 Å². The van der Waals surface area contributed by atoms with Gasteiger partial charge < -0.3 is 4.74 Å². The minimum absolute atomic E-state index is 0.0987. The van der Waals surface area contributed by atoms with Gasteiger partial charge in [-0.3, -0.25) is 19.3 Å². The summed E-state index contributed by atoms with van der Waals surface area (Å²) < 4.78 is 8.17. The van der Waals surface area contributed by atoms with Crippen molar-refractivity contribution in [3.63, 3.8) is 0 Å². The number of hydrogen-bond acceptors (Lipinski definition) is 6. The molecule has 0 aliphatic carbocycles. The minimum Gasteiger partial charge on any atom is -0.379 e. The molecule has 0 spiro atoms. The fraction of sp³-hybridized carbons (Fsp3) is 0.450. The van der Waals surface area contributed by atoms with Crippen LogP contribution >= 0.6 is 11.3 Å². The number of fused-ring (bicyclic) bond motifs is 1. The molecule has 148 valence electrons. The van der Waals surface area contributed by atoms with Crippen LogP contribution in [0, 0.1) is 6.92 Å². The molecule has 28 heavy (non-hydrogen) atoms. The smallest absolute Gasteiger partial charge is 0.280 e. The highest BCUT2D eigenvalue weighted by Gasteiger charge is 2.23. The van der Waals surface area contributed by atoms with Crippen LogP contribution < -0.4 is 4.90 Å². The number of aryl methyl sites for hydroxylation is 2. The molecule has 3 aromatic rings. The Labute approximate surface area is 168 Å². The van der Waals surface area contributed by atoms with Crippen molar-refractivity contribution in [2.24, 2.45) is 7.05 Å². The van der Waals surface area contributed by atoms with E-state index in [0.29, 0.717) is 12.2 Å². The van der Waals surface area contributed by atoms with Gasteiger partial charge in [-0.1, -0.05) is 17.4 Å². The summed E-state index contributed by atoms with van der Waals surface area (Å²) in [5, 5.41) is 5.03. The van der Waals surface area contributed by atoms with Gasteiger partial charge in [-0.05, 0) is 37.1 Å². The molecular weight excluding hydrogens is 374 g/mol. The molecule has 0 N–H and O–H groups in total. The first kappa shape index (κ1) is 19.0. The summed E-state index contributed by atoms with van der Waals surface area (Å²) in [5.41, 5.74) is 2.57. The predicted molar refractivity (Wildman–Crippen MR) is 111 cm³/mol. The number of aromatic nitrogens is 3. The zero-order valence-electron chi connectivity index (χ0n) is 16.3. The van der Waals surface area contributed by atoms with Gasteiger partial charge in [0, 0.05) is 39.4 Å². The van der Waals surface area contributed by atoms with E-state index >= 15 is 0 Å². The largest absolute Gasteiger partial charge is 0.379 e. The number of carbonyl (C=O) groups excluding carboxylic acids is 1. The van der Waals surface area contributed by atoms with E-state index in [1.54, 1.807) is 33.2 Å². The standard InChI is InChI=1S/C20H25N5O2S/c1-15-4-5-16-18(14-15)28-20(21-16)25(19(26)17-6-9-23(2)22-17)8-3-7-24-10-12-27-13-11-24/h4-6,9,14H,3,7-8,10-13H2,1-2H3. The van der Waals surface area contributed by atoms with Crippen LogP contribution in [0.3, 0.4) is 0 Å². The highest BCUT2D eigenvalue weighted by Crippen LogP contribution is 2.30. The second-order valence-corrected chi connectivity index (χ2v) is 8.12. The summed E-state index contributed by atoms with van der Waals surface area (Å²) in [5.74, 6) is -0.0987. The molecule has 4 rings (SSSR count). The van der Waals surface area contributed by atoms with Crippen LogP contribution in [0.15, 0.2) is 30.5 Å². The lowest BCUT2D eigenvalue weighted by molar-refractivity contribution is 0.0376. The summed E-state index contributed by atoms with van der Waals surface area (Å²) in [6.45, 7) is 7.10. The number of benzene rings is 1. The normalized spacial score (nSPS) is 15.2. The van der Waals surface area contributed by atoms with Crippen LogP contribution in [0.1, 0.15) is 22.5 Å².